The average molecular weight is 1500 g/mol. The van der Waals surface area contributed by atoms with Gasteiger partial charge in [-0.05, 0) is 6.42 Å². The summed E-state index contributed by atoms with van der Waals surface area (Å²) in [5, 5.41) is 8.36. The highest BCUT2D eigenvalue weighted by Gasteiger charge is 2.34. The van der Waals surface area contributed by atoms with Crippen LogP contribution in [0.25, 0.3) is 0 Å². The first-order valence-corrected chi connectivity index (χ1v) is 36.4. The van der Waals surface area contributed by atoms with E-state index in [1.54, 1.807) is 7.05 Å². The van der Waals surface area contributed by atoms with E-state index in [1.807, 2.05) is 6.92 Å². The predicted octanol–water partition coefficient (Wildman–Crippen LogP) is -0.720. The van der Waals surface area contributed by atoms with Gasteiger partial charge in [0.05, 0.1) is 350 Å². The molecule has 0 aromatic heterocycles. The largest absolute Gasteiger partial charge is 0.379 e. The van der Waals surface area contributed by atoms with Gasteiger partial charge in [0.15, 0.2) is 0 Å². The number of hydrogen-bond acceptors (Lipinski definition) is 32. The maximum absolute atomic E-state index is 13.2. The normalized spacial score (nSPS) is 12.2. The lowest BCUT2D eigenvalue weighted by atomic mass is 10.0. The van der Waals surface area contributed by atoms with Crippen molar-refractivity contribution in [3.8, 4) is 0 Å². The highest BCUT2D eigenvalue weighted by Crippen LogP contribution is 2.11. The Labute approximate surface area is 612 Å². The van der Waals surface area contributed by atoms with Crippen LogP contribution < -0.4 is 21.7 Å². The maximum Gasteiger partial charge on any atom is 0.222 e. The molecule has 0 aromatic carbocycles. The number of nitrogens with one attached hydrogen (secondary N) is 3. The molecule has 5 N–H and O–H groups in total. The van der Waals surface area contributed by atoms with Crippen molar-refractivity contribution in [1.82, 2.24) is 16.0 Å². The van der Waals surface area contributed by atoms with Gasteiger partial charge < -0.3 is 154 Å². The lowest BCUT2D eigenvalue weighted by Crippen LogP contribution is -2.58. The van der Waals surface area contributed by atoms with Crippen LogP contribution in [0.2, 0.25) is 0 Å². The highest BCUT2D eigenvalue weighted by atomic mass is 16.6. The molecule has 0 aliphatic carbocycles. The predicted molar refractivity (Wildman–Crippen MR) is 374 cm³/mol. The number of rotatable bonds is 92. The average Bonchev–Trinajstić information content (AvgIpc) is 0.862. The minimum atomic E-state index is -1.08. The van der Waals surface area contributed by atoms with E-state index in [1.165, 1.54) is 0 Å². The van der Waals surface area contributed by atoms with Crippen molar-refractivity contribution in [2.75, 3.05) is 377 Å². The van der Waals surface area contributed by atoms with E-state index in [9.17, 15) is 19.2 Å². The van der Waals surface area contributed by atoms with Gasteiger partial charge in [0.2, 0.25) is 17.7 Å². The van der Waals surface area contributed by atoms with Crippen molar-refractivity contribution in [3.63, 3.8) is 0 Å². The number of carbonyl (C=O) groups excluding carboxylic acids is 4. The summed E-state index contributed by atoms with van der Waals surface area (Å²) in [6.07, 6.45) is 2.16. The summed E-state index contributed by atoms with van der Waals surface area (Å²) in [5.41, 5.74) is 4.27. The van der Waals surface area contributed by atoms with E-state index in [4.69, 9.17) is 134 Å². The third-order valence-corrected chi connectivity index (χ3v) is 13.0. The molecule has 0 aliphatic heterocycles. The van der Waals surface area contributed by atoms with E-state index in [2.05, 4.69) is 16.0 Å². The highest BCUT2D eigenvalue weighted by molar-refractivity contribution is 5.77. The molecule has 0 spiro atoms. The smallest absolute Gasteiger partial charge is 0.222 e. The number of aldehydes is 1. The molecule has 1 unspecified atom stereocenters. The van der Waals surface area contributed by atoms with E-state index < -0.39 is 5.54 Å². The van der Waals surface area contributed by atoms with Crippen LogP contribution in [-0.4, -0.2) is 406 Å². The molecule has 0 heterocycles. The molecule has 0 saturated carbocycles. The first-order chi connectivity index (χ1) is 50.9. The Bertz CT molecular complexity index is 1720. The van der Waals surface area contributed by atoms with Crippen molar-refractivity contribution >= 4 is 24.0 Å². The lowest BCUT2D eigenvalue weighted by Gasteiger charge is -2.34. The number of hydrogen-bond donors (Lipinski definition) is 4. The minimum Gasteiger partial charge on any atom is -0.379 e. The molecular formula is C68H134N4O31. The molecule has 3 amide bonds. The summed E-state index contributed by atoms with van der Waals surface area (Å²) >= 11 is 0. The van der Waals surface area contributed by atoms with Crippen LogP contribution in [-0.2, 0) is 147 Å². The van der Waals surface area contributed by atoms with Crippen molar-refractivity contribution in [3.05, 3.63) is 0 Å². The Balaban J connectivity index is 3.78. The van der Waals surface area contributed by atoms with Gasteiger partial charge in [-0.3, -0.25) is 14.4 Å². The molecule has 0 aromatic rings. The van der Waals surface area contributed by atoms with Gasteiger partial charge in [0.1, 0.15) is 11.8 Å². The van der Waals surface area contributed by atoms with Gasteiger partial charge in [0, 0.05) is 52.4 Å². The Hall–Kier alpha value is -3.04. The molecule has 0 radical (unpaired) electrons. The van der Waals surface area contributed by atoms with Crippen molar-refractivity contribution in [2.45, 2.75) is 44.6 Å². The first kappa shape index (κ1) is 100.0. The molecule has 103 heavy (non-hydrogen) atoms. The van der Waals surface area contributed by atoms with E-state index in [0.29, 0.717) is 330 Å². The molecule has 0 aliphatic rings. The van der Waals surface area contributed by atoms with Crippen molar-refractivity contribution < 1.29 is 147 Å². The first-order valence-electron chi connectivity index (χ1n) is 36.4. The fourth-order valence-electron chi connectivity index (χ4n) is 7.77. The van der Waals surface area contributed by atoms with E-state index >= 15 is 0 Å². The van der Waals surface area contributed by atoms with Crippen LogP contribution in [0.3, 0.4) is 0 Å². The number of amides is 3. The Kier molecular flexibility index (Phi) is 85.3. The number of nitrogens with two attached hydrogens (primary N) is 1. The summed E-state index contributed by atoms with van der Waals surface area (Å²) in [6, 6.07) is 0. The quantitative estimate of drug-likeness (QED) is 0.0431. The second-order valence-electron chi connectivity index (χ2n) is 21.7. The summed E-state index contributed by atoms with van der Waals surface area (Å²) in [5.74, 6) is -0.583. The Morgan fingerprint density at radius 1 is 0.272 bits per heavy atom. The second kappa shape index (κ2) is 87.9. The molecule has 1 atom stereocenters. The van der Waals surface area contributed by atoms with Gasteiger partial charge >= 0.3 is 0 Å². The Morgan fingerprint density at radius 3 is 0.738 bits per heavy atom. The van der Waals surface area contributed by atoms with Gasteiger partial charge in [-0.25, -0.2) is 0 Å². The van der Waals surface area contributed by atoms with Crippen LogP contribution >= 0.6 is 0 Å². The molecule has 0 rings (SSSR count). The summed E-state index contributed by atoms with van der Waals surface area (Å²) in [6.45, 7) is 24.5. The van der Waals surface area contributed by atoms with E-state index in [-0.39, 0.29) is 83.2 Å². The molecule has 35 nitrogen and oxygen atoms in total. The van der Waals surface area contributed by atoms with Crippen LogP contribution in [0.1, 0.15) is 39.0 Å². The topological polar surface area (TPSA) is 380 Å². The zero-order chi connectivity index (χ0) is 74.3. The maximum atomic E-state index is 13.2. The fraction of sp³-hybridized carbons (Fsp3) is 0.941. The number of ether oxygens (including phenoxy) is 27. The van der Waals surface area contributed by atoms with Crippen LogP contribution in [0.4, 0.5) is 0 Å². The zero-order valence-corrected chi connectivity index (χ0v) is 62.4. The van der Waals surface area contributed by atoms with Crippen LogP contribution in [0.5, 0.6) is 0 Å². The monoisotopic (exact) mass is 1500 g/mol. The molecule has 0 saturated heterocycles. The van der Waals surface area contributed by atoms with Gasteiger partial charge in [-0.15, -0.1) is 0 Å². The number of carbonyl (C=O) groups is 4. The summed E-state index contributed by atoms with van der Waals surface area (Å²) < 4.78 is 149. The fourth-order valence-corrected chi connectivity index (χ4v) is 7.77. The zero-order valence-electron chi connectivity index (χ0n) is 62.4. The summed E-state index contributed by atoms with van der Waals surface area (Å²) in [4.78, 5) is 47.9. The van der Waals surface area contributed by atoms with Crippen LogP contribution in [0, 0.1) is 0 Å². The van der Waals surface area contributed by atoms with Crippen molar-refractivity contribution in [2.24, 2.45) is 5.73 Å². The molecule has 612 valence electrons. The minimum absolute atomic E-state index is 0.00218. The molecule has 0 fully saturated rings. The van der Waals surface area contributed by atoms with E-state index in [0.717, 1.165) is 12.7 Å². The summed E-state index contributed by atoms with van der Waals surface area (Å²) in [7, 11) is 1.60. The SMILES string of the molecule is CCCOCC(COCCC=O)(COCCC(=O)NCCOCCOCCOCCOCCOCCOCCOCCOCCOCCOCCOCCOCCC(=O)NC)NC(=O)CCOCCOCCOCCOCCOCCOCCOCCOCCOCCOCCOCCOCCN. The second-order valence-corrected chi connectivity index (χ2v) is 21.7. The van der Waals surface area contributed by atoms with Gasteiger partial charge in [0.25, 0.3) is 0 Å². The lowest BCUT2D eigenvalue weighted by molar-refractivity contribution is -0.130. The standard InChI is InChI=1S/C68H134N4O31/c1-3-11-101-62-68(63-102-12-4-10-73,72-67(76)7-14-78-19-23-82-27-31-86-35-39-90-43-47-94-51-55-98-58-60-99-56-52-95-48-44-91-40-36-87-32-28-83-24-20-79-16-8-69)64-103-15-6-66(75)71-9-17-80-21-25-84-29-33-88-37-41-92-45-49-96-53-57-100-61-59-97-54-50-93-46-42-89-38-34-85-30-26-81-22-18-77-13-5-65(74)70-2/h10H,3-9,11-64,69H2,1-2H3,(H,70,74)(H,71,75)(H,72,76). The third kappa shape index (κ3) is 82.9. The van der Waals surface area contributed by atoms with Gasteiger partial charge in [-0.1, -0.05) is 6.92 Å². The third-order valence-electron chi connectivity index (χ3n) is 13.0. The molecule has 35 heteroatoms. The Morgan fingerprint density at radius 2 is 0.485 bits per heavy atom. The van der Waals surface area contributed by atoms with Crippen LogP contribution in [0.15, 0.2) is 0 Å². The molecule has 0 bridgehead atoms. The van der Waals surface area contributed by atoms with Crippen molar-refractivity contribution in [1.29, 1.82) is 0 Å². The van der Waals surface area contributed by atoms with Gasteiger partial charge in [-0.2, -0.15) is 0 Å². The molecular weight excluding hydrogens is 1370 g/mol.